The van der Waals surface area contributed by atoms with Gasteiger partial charge in [0.2, 0.25) is 0 Å². The Morgan fingerprint density at radius 1 is 1.27 bits per heavy atom. The Hall–Kier alpha value is -0.540. The van der Waals surface area contributed by atoms with E-state index < -0.39 is 5.67 Å². The second-order valence-corrected chi connectivity index (χ2v) is 5.16. The Morgan fingerprint density at radius 3 is 2.60 bits per heavy atom. The van der Waals surface area contributed by atoms with Crippen molar-refractivity contribution in [3.05, 3.63) is 35.4 Å². The average Bonchev–Trinajstić information content (AvgIpc) is 2.30. The maximum absolute atomic E-state index is 14.7. The van der Waals surface area contributed by atoms with Crippen LogP contribution in [0.1, 0.15) is 24.0 Å². The second kappa shape index (κ2) is 4.54. The van der Waals surface area contributed by atoms with Gasteiger partial charge in [0.1, 0.15) is 5.67 Å². The van der Waals surface area contributed by atoms with E-state index in [2.05, 4.69) is 0 Å². The van der Waals surface area contributed by atoms with Gasteiger partial charge in [0.05, 0.1) is 0 Å². The molecule has 0 bridgehead atoms. The van der Waals surface area contributed by atoms with Crippen molar-refractivity contribution in [2.75, 3.05) is 11.5 Å². The highest BCUT2D eigenvalue weighted by Crippen LogP contribution is 2.40. The van der Waals surface area contributed by atoms with Crippen molar-refractivity contribution in [1.29, 1.82) is 0 Å². The summed E-state index contributed by atoms with van der Waals surface area (Å²) < 4.78 is 14.7. The summed E-state index contributed by atoms with van der Waals surface area (Å²) in [6.07, 6.45) is 1.24. The Kier molecular flexibility index (Phi) is 3.32. The Labute approximate surface area is 94.2 Å². The topological polar surface area (TPSA) is 26.0 Å². The van der Waals surface area contributed by atoms with Gasteiger partial charge in [-0.2, -0.15) is 11.8 Å². The summed E-state index contributed by atoms with van der Waals surface area (Å²) in [7, 11) is 0. The predicted molar refractivity (Wildman–Crippen MR) is 63.7 cm³/mol. The van der Waals surface area contributed by atoms with Crippen LogP contribution in [0.2, 0.25) is 0 Å². The van der Waals surface area contributed by atoms with E-state index in [1.807, 2.05) is 36.0 Å². The molecular formula is C12H16FNS. The van der Waals surface area contributed by atoms with E-state index in [4.69, 9.17) is 5.73 Å². The first-order chi connectivity index (χ1) is 7.26. The molecule has 0 radical (unpaired) electrons. The van der Waals surface area contributed by atoms with Crippen LogP contribution in [0.4, 0.5) is 4.39 Å². The first-order valence-electron chi connectivity index (χ1n) is 5.31. The number of halogens is 1. The Bertz CT molecular complexity index is 334. The van der Waals surface area contributed by atoms with E-state index in [1.165, 1.54) is 0 Å². The fraction of sp³-hybridized carbons (Fsp3) is 0.500. The minimum Gasteiger partial charge on any atom is -0.326 e. The molecule has 1 nitrogen and oxygen atoms in total. The molecule has 1 aliphatic rings. The van der Waals surface area contributed by atoms with Crippen LogP contribution in [0.5, 0.6) is 0 Å². The van der Waals surface area contributed by atoms with Crippen molar-refractivity contribution < 1.29 is 4.39 Å². The first-order valence-corrected chi connectivity index (χ1v) is 6.47. The maximum Gasteiger partial charge on any atom is 0.137 e. The van der Waals surface area contributed by atoms with E-state index in [9.17, 15) is 4.39 Å². The lowest BCUT2D eigenvalue weighted by Crippen LogP contribution is -2.27. The number of benzene rings is 1. The molecule has 0 saturated carbocycles. The quantitative estimate of drug-likeness (QED) is 0.837. The Balaban J connectivity index is 2.34. The zero-order chi connectivity index (χ0) is 10.7. The van der Waals surface area contributed by atoms with Gasteiger partial charge in [-0.1, -0.05) is 24.3 Å². The van der Waals surface area contributed by atoms with Gasteiger partial charge < -0.3 is 5.73 Å². The van der Waals surface area contributed by atoms with Crippen molar-refractivity contribution in [2.45, 2.75) is 25.1 Å². The molecule has 1 aliphatic heterocycles. The molecule has 1 heterocycles. The van der Waals surface area contributed by atoms with Crippen LogP contribution in [0, 0.1) is 0 Å². The van der Waals surface area contributed by atoms with Gasteiger partial charge in [-0.05, 0) is 35.5 Å². The van der Waals surface area contributed by atoms with Crippen LogP contribution in [-0.4, -0.2) is 11.5 Å². The predicted octanol–water partition coefficient (Wildman–Crippen LogP) is 2.84. The smallest absolute Gasteiger partial charge is 0.137 e. The summed E-state index contributed by atoms with van der Waals surface area (Å²) in [5.41, 5.74) is 6.27. The molecule has 15 heavy (non-hydrogen) atoms. The van der Waals surface area contributed by atoms with Crippen molar-refractivity contribution >= 4 is 11.8 Å². The molecule has 82 valence electrons. The van der Waals surface area contributed by atoms with E-state index in [0.717, 1.165) is 22.6 Å². The number of nitrogens with two attached hydrogens (primary N) is 1. The fourth-order valence-electron chi connectivity index (χ4n) is 2.10. The monoisotopic (exact) mass is 225 g/mol. The second-order valence-electron chi connectivity index (χ2n) is 3.94. The number of hydrogen-bond acceptors (Lipinski definition) is 2. The third kappa shape index (κ3) is 2.18. The zero-order valence-electron chi connectivity index (χ0n) is 8.71. The third-order valence-electron chi connectivity index (χ3n) is 3.01. The molecular weight excluding hydrogens is 209 g/mol. The van der Waals surface area contributed by atoms with E-state index in [0.29, 0.717) is 19.4 Å². The fourth-order valence-corrected chi connectivity index (χ4v) is 3.24. The zero-order valence-corrected chi connectivity index (χ0v) is 9.52. The summed E-state index contributed by atoms with van der Waals surface area (Å²) in [5, 5.41) is 0. The molecule has 2 rings (SSSR count). The third-order valence-corrected chi connectivity index (χ3v) is 3.99. The van der Waals surface area contributed by atoms with Crippen LogP contribution >= 0.6 is 11.8 Å². The number of rotatable bonds is 2. The van der Waals surface area contributed by atoms with Crippen LogP contribution in [-0.2, 0) is 12.2 Å². The largest absolute Gasteiger partial charge is 0.326 e. The molecule has 0 aliphatic carbocycles. The molecule has 1 aromatic rings. The van der Waals surface area contributed by atoms with Gasteiger partial charge in [0.15, 0.2) is 0 Å². The van der Waals surface area contributed by atoms with E-state index >= 15 is 0 Å². The molecule has 0 amide bonds. The first kappa shape index (κ1) is 11.0. The van der Waals surface area contributed by atoms with Gasteiger partial charge in [-0.3, -0.25) is 0 Å². The van der Waals surface area contributed by atoms with Gasteiger partial charge in [-0.25, -0.2) is 4.39 Å². The van der Waals surface area contributed by atoms with Crippen molar-refractivity contribution in [3.8, 4) is 0 Å². The number of alkyl halides is 1. The average molecular weight is 225 g/mol. The summed E-state index contributed by atoms with van der Waals surface area (Å²) >= 11 is 1.83. The van der Waals surface area contributed by atoms with Gasteiger partial charge in [0, 0.05) is 6.54 Å². The lowest BCUT2D eigenvalue weighted by molar-refractivity contribution is 0.150. The highest BCUT2D eigenvalue weighted by molar-refractivity contribution is 7.99. The molecule has 2 N–H and O–H groups in total. The summed E-state index contributed by atoms with van der Waals surface area (Å²) in [6, 6.07) is 7.64. The SMILES string of the molecule is NCc1ccccc1C1(F)CCSCC1. The molecule has 1 aromatic carbocycles. The Morgan fingerprint density at radius 2 is 1.93 bits per heavy atom. The van der Waals surface area contributed by atoms with Crippen molar-refractivity contribution in [2.24, 2.45) is 5.73 Å². The summed E-state index contributed by atoms with van der Waals surface area (Å²) in [5.74, 6) is 1.82. The normalized spacial score (nSPS) is 20.1. The molecule has 1 fully saturated rings. The molecule has 0 spiro atoms. The van der Waals surface area contributed by atoms with Crippen LogP contribution < -0.4 is 5.73 Å². The molecule has 0 aromatic heterocycles. The molecule has 0 unspecified atom stereocenters. The highest BCUT2D eigenvalue weighted by Gasteiger charge is 2.35. The van der Waals surface area contributed by atoms with Crippen molar-refractivity contribution in [1.82, 2.24) is 0 Å². The highest BCUT2D eigenvalue weighted by atomic mass is 32.2. The summed E-state index contributed by atoms with van der Waals surface area (Å²) in [4.78, 5) is 0. The van der Waals surface area contributed by atoms with Gasteiger partial charge in [0.25, 0.3) is 0 Å². The summed E-state index contributed by atoms with van der Waals surface area (Å²) in [6.45, 7) is 0.426. The van der Waals surface area contributed by atoms with Crippen LogP contribution in [0.15, 0.2) is 24.3 Å². The van der Waals surface area contributed by atoms with E-state index in [1.54, 1.807) is 0 Å². The maximum atomic E-state index is 14.7. The van der Waals surface area contributed by atoms with Crippen LogP contribution in [0.25, 0.3) is 0 Å². The van der Waals surface area contributed by atoms with Crippen LogP contribution in [0.3, 0.4) is 0 Å². The number of hydrogen-bond donors (Lipinski definition) is 1. The van der Waals surface area contributed by atoms with Gasteiger partial charge >= 0.3 is 0 Å². The lowest BCUT2D eigenvalue weighted by atomic mass is 9.86. The molecule has 1 saturated heterocycles. The number of thioether (sulfide) groups is 1. The molecule has 0 atom stereocenters. The minimum absolute atomic E-state index is 0.426. The minimum atomic E-state index is -1.14. The van der Waals surface area contributed by atoms with Gasteiger partial charge in [-0.15, -0.1) is 0 Å². The standard InChI is InChI=1S/C12H16FNS/c13-12(5-7-15-8-6-12)11-4-2-1-3-10(11)9-14/h1-4H,5-9,14H2. The lowest BCUT2D eigenvalue weighted by Gasteiger charge is -2.31. The molecule has 3 heteroatoms. The van der Waals surface area contributed by atoms with Crippen molar-refractivity contribution in [3.63, 3.8) is 0 Å². The van der Waals surface area contributed by atoms with E-state index in [-0.39, 0.29) is 0 Å².